The number of nitrogens with one attached hydrogen (secondary N) is 1. The first-order valence-corrected chi connectivity index (χ1v) is 11.8. The first kappa shape index (κ1) is 20.7. The second-order valence-electron chi connectivity index (χ2n) is 7.73. The molecule has 0 spiro atoms. The van der Waals surface area contributed by atoms with Crippen molar-refractivity contribution in [1.29, 1.82) is 0 Å². The van der Waals surface area contributed by atoms with Crippen molar-refractivity contribution in [2.75, 3.05) is 13.1 Å². The number of amides is 1. The van der Waals surface area contributed by atoms with Crippen LogP contribution in [0.2, 0.25) is 0 Å². The molecule has 7 nitrogen and oxygen atoms in total. The van der Waals surface area contributed by atoms with E-state index >= 15 is 0 Å². The number of sulfonamides is 1. The zero-order valence-corrected chi connectivity index (χ0v) is 18.0. The fourth-order valence-electron chi connectivity index (χ4n) is 3.86. The van der Waals surface area contributed by atoms with Crippen molar-refractivity contribution in [3.05, 3.63) is 54.1 Å². The maximum atomic E-state index is 12.9. The SMILES string of the molecule is Cc1ccc(CNC(=O)CCn2ccc3cc(S(=O)(=O)N4CCCCC4)ccc32)o1. The van der Waals surface area contributed by atoms with E-state index in [9.17, 15) is 13.2 Å². The molecule has 0 unspecified atom stereocenters. The Morgan fingerprint density at radius 3 is 2.63 bits per heavy atom. The standard InChI is InChI=1S/C22H27N3O4S/c1-17-5-6-19(29-17)16-23-22(26)10-14-24-13-9-18-15-20(7-8-21(18)24)30(27,28)25-11-3-2-4-12-25/h5-9,13,15H,2-4,10-12,14,16H2,1H3,(H,23,26). The number of piperidine rings is 1. The number of aromatic nitrogens is 1. The molecule has 1 N–H and O–H groups in total. The van der Waals surface area contributed by atoms with Gasteiger partial charge < -0.3 is 14.3 Å². The lowest BCUT2D eigenvalue weighted by molar-refractivity contribution is -0.121. The number of hydrogen-bond donors (Lipinski definition) is 1. The van der Waals surface area contributed by atoms with Crippen LogP contribution in [0.25, 0.3) is 10.9 Å². The molecule has 0 radical (unpaired) electrons. The summed E-state index contributed by atoms with van der Waals surface area (Å²) in [6, 6.07) is 10.8. The highest BCUT2D eigenvalue weighted by molar-refractivity contribution is 7.89. The molecule has 0 bridgehead atoms. The smallest absolute Gasteiger partial charge is 0.243 e. The maximum absolute atomic E-state index is 12.9. The van der Waals surface area contributed by atoms with Gasteiger partial charge in [0, 0.05) is 43.2 Å². The van der Waals surface area contributed by atoms with Gasteiger partial charge in [-0.15, -0.1) is 0 Å². The third-order valence-corrected chi connectivity index (χ3v) is 7.43. The summed E-state index contributed by atoms with van der Waals surface area (Å²) in [5.74, 6) is 1.49. The van der Waals surface area contributed by atoms with Gasteiger partial charge >= 0.3 is 0 Å². The number of carbonyl (C=O) groups is 1. The minimum Gasteiger partial charge on any atom is -0.465 e. The van der Waals surface area contributed by atoms with E-state index in [1.807, 2.05) is 42.0 Å². The van der Waals surface area contributed by atoms with Crippen LogP contribution in [-0.2, 0) is 27.9 Å². The van der Waals surface area contributed by atoms with Crippen LogP contribution < -0.4 is 5.32 Å². The average Bonchev–Trinajstić information content (AvgIpc) is 3.36. The second kappa shape index (κ2) is 8.65. The van der Waals surface area contributed by atoms with Crippen LogP contribution in [0.3, 0.4) is 0 Å². The van der Waals surface area contributed by atoms with Crippen LogP contribution in [0, 0.1) is 6.92 Å². The van der Waals surface area contributed by atoms with Crippen LogP contribution in [0.5, 0.6) is 0 Å². The number of furan rings is 1. The predicted octanol–water partition coefficient (Wildman–Crippen LogP) is 3.42. The molecule has 2 aromatic heterocycles. The first-order chi connectivity index (χ1) is 14.4. The van der Waals surface area contributed by atoms with Gasteiger partial charge in [-0.05, 0) is 56.2 Å². The van der Waals surface area contributed by atoms with Gasteiger partial charge in [-0.3, -0.25) is 4.79 Å². The highest BCUT2D eigenvalue weighted by Gasteiger charge is 2.26. The average molecular weight is 430 g/mol. The summed E-state index contributed by atoms with van der Waals surface area (Å²) in [5.41, 5.74) is 0.919. The van der Waals surface area contributed by atoms with Gasteiger partial charge in [0.2, 0.25) is 15.9 Å². The molecule has 1 aliphatic rings. The number of benzene rings is 1. The van der Waals surface area contributed by atoms with E-state index in [-0.39, 0.29) is 5.91 Å². The van der Waals surface area contributed by atoms with Crippen molar-refractivity contribution in [3.8, 4) is 0 Å². The van der Waals surface area contributed by atoms with Crippen LogP contribution in [0.1, 0.15) is 37.2 Å². The van der Waals surface area contributed by atoms with E-state index in [4.69, 9.17) is 4.42 Å². The molecule has 0 atom stereocenters. The lowest BCUT2D eigenvalue weighted by Crippen LogP contribution is -2.35. The lowest BCUT2D eigenvalue weighted by atomic mass is 10.2. The predicted molar refractivity (Wildman–Crippen MR) is 114 cm³/mol. The summed E-state index contributed by atoms with van der Waals surface area (Å²) < 4.78 is 34.8. The van der Waals surface area contributed by atoms with Crippen molar-refractivity contribution in [2.24, 2.45) is 0 Å². The minimum atomic E-state index is -3.45. The summed E-state index contributed by atoms with van der Waals surface area (Å²) in [4.78, 5) is 12.5. The number of fused-ring (bicyclic) bond motifs is 1. The van der Waals surface area contributed by atoms with E-state index in [1.165, 1.54) is 0 Å². The summed E-state index contributed by atoms with van der Waals surface area (Å²) in [6.07, 6.45) is 5.14. The normalized spacial score (nSPS) is 15.5. The molecule has 30 heavy (non-hydrogen) atoms. The van der Waals surface area contributed by atoms with Gasteiger partial charge in [-0.2, -0.15) is 4.31 Å². The molecule has 3 aromatic rings. The Bertz CT molecular complexity index is 1140. The minimum absolute atomic E-state index is 0.0600. The van der Waals surface area contributed by atoms with Gasteiger partial charge in [-0.1, -0.05) is 6.42 Å². The Balaban J connectivity index is 1.40. The fourth-order valence-corrected chi connectivity index (χ4v) is 5.42. The second-order valence-corrected chi connectivity index (χ2v) is 9.67. The molecule has 8 heteroatoms. The third kappa shape index (κ3) is 4.44. The summed E-state index contributed by atoms with van der Waals surface area (Å²) in [7, 11) is -3.45. The van der Waals surface area contributed by atoms with Crippen molar-refractivity contribution in [2.45, 2.75) is 50.6 Å². The maximum Gasteiger partial charge on any atom is 0.243 e. The van der Waals surface area contributed by atoms with E-state index in [0.29, 0.717) is 37.5 Å². The van der Waals surface area contributed by atoms with Crippen LogP contribution >= 0.6 is 0 Å². The van der Waals surface area contributed by atoms with Crippen LogP contribution in [0.4, 0.5) is 0 Å². The number of carbonyl (C=O) groups excluding carboxylic acids is 1. The van der Waals surface area contributed by atoms with Crippen LogP contribution in [-0.4, -0.2) is 36.3 Å². The Morgan fingerprint density at radius 2 is 1.90 bits per heavy atom. The quantitative estimate of drug-likeness (QED) is 0.624. The molecule has 0 saturated carbocycles. The van der Waals surface area contributed by atoms with E-state index in [0.717, 1.165) is 41.7 Å². The first-order valence-electron chi connectivity index (χ1n) is 10.3. The Kier molecular flexibility index (Phi) is 5.97. The number of nitrogens with zero attached hydrogens (tertiary/aromatic N) is 2. The Morgan fingerprint density at radius 1 is 1.10 bits per heavy atom. The topological polar surface area (TPSA) is 84.5 Å². The summed E-state index contributed by atoms with van der Waals surface area (Å²) >= 11 is 0. The molecule has 1 saturated heterocycles. The lowest BCUT2D eigenvalue weighted by Gasteiger charge is -2.25. The monoisotopic (exact) mass is 429 g/mol. The van der Waals surface area contributed by atoms with E-state index in [1.54, 1.807) is 16.4 Å². The van der Waals surface area contributed by atoms with Crippen molar-refractivity contribution >= 4 is 26.8 Å². The molecule has 1 aromatic carbocycles. The van der Waals surface area contributed by atoms with E-state index < -0.39 is 10.0 Å². The highest BCUT2D eigenvalue weighted by Crippen LogP contribution is 2.25. The largest absolute Gasteiger partial charge is 0.465 e. The van der Waals surface area contributed by atoms with Gasteiger partial charge in [0.05, 0.1) is 11.4 Å². The Labute approximate surface area is 176 Å². The van der Waals surface area contributed by atoms with Gasteiger partial charge in [0.25, 0.3) is 0 Å². The highest BCUT2D eigenvalue weighted by atomic mass is 32.2. The molecule has 160 valence electrons. The zero-order valence-electron chi connectivity index (χ0n) is 17.1. The number of aryl methyl sites for hydroxylation is 2. The molecular weight excluding hydrogens is 402 g/mol. The van der Waals surface area contributed by atoms with E-state index in [2.05, 4.69) is 5.32 Å². The number of rotatable bonds is 7. The molecule has 1 aliphatic heterocycles. The molecule has 1 fully saturated rings. The van der Waals surface area contributed by atoms with Crippen LogP contribution in [0.15, 0.2) is 51.9 Å². The molecular formula is C22H27N3O4S. The molecule has 3 heterocycles. The fraction of sp³-hybridized carbons (Fsp3) is 0.409. The molecule has 1 amide bonds. The Hall–Kier alpha value is -2.58. The van der Waals surface area contributed by atoms with Gasteiger partial charge in [-0.25, -0.2) is 8.42 Å². The van der Waals surface area contributed by atoms with Crippen molar-refractivity contribution in [3.63, 3.8) is 0 Å². The number of hydrogen-bond acceptors (Lipinski definition) is 4. The summed E-state index contributed by atoms with van der Waals surface area (Å²) in [6.45, 7) is 3.94. The van der Waals surface area contributed by atoms with Gasteiger partial charge in [0.1, 0.15) is 11.5 Å². The third-order valence-electron chi connectivity index (χ3n) is 5.53. The summed E-state index contributed by atoms with van der Waals surface area (Å²) in [5, 5.41) is 3.72. The molecule has 4 rings (SSSR count). The molecule has 0 aliphatic carbocycles. The van der Waals surface area contributed by atoms with Crippen molar-refractivity contribution in [1.82, 2.24) is 14.2 Å². The zero-order chi connectivity index (χ0) is 21.1. The van der Waals surface area contributed by atoms with Gasteiger partial charge in [0.15, 0.2) is 0 Å². The van der Waals surface area contributed by atoms with Crippen molar-refractivity contribution < 1.29 is 17.6 Å².